The molecule has 0 rings (SSSR count). The minimum Gasteiger partial charge on any atom is -0.332 e. The van der Waals surface area contributed by atoms with Gasteiger partial charge in [-0.25, -0.2) is 0 Å². The van der Waals surface area contributed by atoms with Crippen LogP contribution in [-0.4, -0.2) is 0 Å². The molecule has 0 saturated heterocycles. The van der Waals surface area contributed by atoms with Crippen molar-refractivity contribution in [1.82, 2.24) is 0 Å². The van der Waals surface area contributed by atoms with E-state index in [0.29, 0.717) is 0 Å². The Kier molecular flexibility index (Phi) is 15.0. The Morgan fingerprint density at radius 2 is 2.17 bits per heavy atom. The van der Waals surface area contributed by atoms with Crippen molar-refractivity contribution >= 4 is 0 Å². The molecule has 0 aliphatic carbocycles. The Bertz CT molecular complexity index is 56.1. The zero-order valence-electron chi connectivity index (χ0n) is 3.99. The van der Waals surface area contributed by atoms with E-state index in [2.05, 4.69) is 18.8 Å². The summed E-state index contributed by atoms with van der Waals surface area (Å²) >= 11 is 0. The van der Waals surface area contributed by atoms with Crippen molar-refractivity contribution in [1.29, 1.82) is 0 Å². The normalized spacial score (nSPS) is 4.33. The fourth-order valence-corrected chi connectivity index (χ4v) is 0.125. The molecule has 0 atom stereocenters. The summed E-state index contributed by atoms with van der Waals surface area (Å²) in [5.41, 5.74) is 0. The van der Waals surface area contributed by atoms with Gasteiger partial charge in [-0.2, -0.15) is 0 Å². The quantitative estimate of drug-likeness (QED) is 0.365. The van der Waals surface area contributed by atoms with Crippen LogP contribution in [0.15, 0.2) is 0 Å². The van der Waals surface area contributed by atoms with E-state index < -0.39 is 0 Å². The third-order valence-corrected chi connectivity index (χ3v) is 0.302. The molecule has 0 aliphatic rings. The Morgan fingerprint density at radius 1 is 1.67 bits per heavy atom. The molecule has 0 aromatic rings. The molecule has 0 fully saturated rings. The molecule has 0 nitrogen and oxygen atoms in total. The van der Waals surface area contributed by atoms with Crippen LogP contribution >= 0.6 is 0 Å². The first-order valence-electron chi connectivity index (χ1n) is 1.60. The maximum absolute atomic E-state index is 3.50. The standard InChI is InChI=1S/C5H7.Y/c1-3-5-4-2;/h1,3H2,2H3;/q-1;. The van der Waals surface area contributed by atoms with Crippen molar-refractivity contribution in [3.05, 3.63) is 6.92 Å². The van der Waals surface area contributed by atoms with Crippen LogP contribution in [0.2, 0.25) is 0 Å². The smallest absolute Gasteiger partial charge is 0 e. The number of rotatable bonds is 0. The second kappa shape index (κ2) is 9.18. The van der Waals surface area contributed by atoms with E-state index in [0.717, 1.165) is 6.42 Å². The van der Waals surface area contributed by atoms with Gasteiger partial charge in [-0.3, -0.25) is 0 Å². The molecule has 0 saturated carbocycles. The van der Waals surface area contributed by atoms with Gasteiger partial charge in [0, 0.05) is 32.7 Å². The molecule has 0 aromatic heterocycles. The molecular formula is C5H7Y-. The van der Waals surface area contributed by atoms with Gasteiger partial charge in [0.2, 0.25) is 0 Å². The summed E-state index contributed by atoms with van der Waals surface area (Å²) in [4.78, 5) is 0. The first-order valence-corrected chi connectivity index (χ1v) is 1.60. The largest absolute Gasteiger partial charge is 0.332 e. The average molecular weight is 156 g/mol. The Morgan fingerprint density at radius 3 is 2.17 bits per heavy atom. The third kappa shape index (κ3) is 8.82. The van der Waals surface area contributed by atoms with Crippen LogP contribution < -0.4 is 0 Å². The first-order chi connectivity index (χ1) is 2.41. The molecular weight excluding hydrogens is 149 g/mol. The molecule has 6 heavy (non-hydrogen) atoms. The maximum atomic E-state index is 3.50. The molecule has 0 spiro atoms. The molecule has 1 heteroatoms. The van der Waals surface area contributed by atoms with Crippen molar-refractivity contribution in [2.75, 3.05) is 0 Å². The maximum Gasteiger partial charge on any atom is 0 e. The summed E-state index contributed by atoms with van der Waals surface area (Å²) in [6, 6.07) is 0. The molecule has 0 unspecified atom stereocenters. The summed E-state index contributed by atoms with van der Waals surface area (Å²) in [7, 11) is 0. The summed E-state index contributed by atoms with van der Waals surface area (Å²) in [5.74, 6) is 5.45. The first kappa shape index (κ1) is 9.83. The molecule has 0 aliphatic heterocycles. The molecule has 31 valence electrons. The van der Waals surface area contributed by atoms with Gasteiger partial charge in [0.15, 0.2) is 0 Å². The van der Waals surface area contributed by atoms with E-state index in [4.69, 9.17) is 0 Å². The Labute approximate surface area is 64.6 Å². The van der Waals surface area contributed by atoms with Crippen LogP contribution in [0.25, 0.3) is 0 Å². The molecule has 0 N–H and O–H groups in total. The topological polar surface area (TPSA) is 0 Å². The van der Waals surface area contributed by atoms with E-state index in [1.54, 1.807) is 0 Å². The molecule has 0 amide bonds. The van der Waals surface area contributed by atoms with E-state index in [9.17, 15) is 0 Å². The zero-order valence-corrected chi connectivity index (χ0v) is 6.83. The summed E-state index contributed by atoms with van der Waals surface area (Å²) in [5, 5.41) is 0. The van der Waals surface area contributed by atoms with Crippen molar-refractivity contribution in [2.24, 2.45) is 0 Å². The third-order valence-electron chi connectivity index (χ3n) is 0.302. The average Bonchev–Trinajstić information content (AvgIpc) is 1.41. The van der Waals surface area contributed by atoms with Crippen LogP contribution in [0.5, 0.6) is 0 Å². The summed E-state index contributed by atoms with van der Waals surface area (Å²) < 4.78 is 0. The van der Waals surface area contributed by atoms with Gasteiger partial charge < -0.3 is 6.92 Å². The predicted octanol–water partition coefficient (Wildman–Crippen LogP) is 1.23. The van der Waals surface area contributed by atoms with Crippen LogP contribution in [0.3, 0.4) is 0 Å². The Balaban J connectivity index is 0. The Hall–Kier alpha value is 0.664. The van der Waals surface area contributed by atoms with Gasteiger partial charge in [-0.15, -0.1) is 18.3 Å². The minimum absolute atomic E-state index is 0. The van der Waals surface area contributed by atoms with Gasteiger partial charge in [-0.1, -0.05) is 0 Å². The fraction of sp³-hybridized carbons (Fsp3) is 0.400. The van der Waals surface area contributed by atoms with Crippen LogP contribution in [0.4, 0.5) is 0 Å². The fourth-order valence-electron chi connectivity index (χ4n) is 0.125. The van der Waals surface area contributed by atoms with Crippen molar-refractivity contribution in [3.8, 4) is 11.8 Å². The van der Waals surface area contributed by atoms with Gasteiger partial charge >= 0.3 is 0 Å². The van der Waals surface area contributed by atoms with Crippen molar-refractivity contribution in [2.45, 2.75) is 13.3 Å². The van der Waals surface area contributed by atoms with E-state index in [1.165, 1.54) is 0 Å². The second-order valence-corrected chi connectivity index (χ2v) is 0.677. The predicted molar refractivity (Wildman–Crippen MR) is 23.4 cm³/mol. The van der Waals surface area contributed by atoms with Gasteiger partial charge in [-0.05, 0) is 6.92 Å². The van der Waals surface area contributed by atoms with Gasteiger partial charge in [0.1, 0.15) is 0 Å². The summed E-state index contributed by atoms with van der Waals surface area (Å²) in [6.07, 6.45) is 0.733. The molecule has 0 heterocycles. The molecule has 0 aromatic carbocycles. The minimum atomic E-state index is 0. The van der Waals surface area contributed by atoms with E-state index >= 15 is 0 Å². The van der Waals surface area contributed by atoms with Crippen molar-refractivity contribution < 1.29 is 32.7 Å². The van der Waals surface area contributed by atoms with Crippen LogP contribution in [0, 0.1) is 18.8 Å². The second-order valence-electron chi connectivity index (χ2n) is 0.677. The monoisotopic (exact) mass is 156 g/mol. The van der Waals surface area contributed by atoms with E-state index in [1.807, 2.05) is 6.92 Å². The van der Waals surface area contributed by atoms with Crippen LogP contribution in [-0.2, 0) is 32.7 Å². The summed E-state index contributed by atoms with van der Waals surface area (Å²) in [6.45, 7) is 5.31. The van der Waals surface area contributed by atoms with E-state index in [-0.39, 0.29) is 32.7 Å². The number of hydrogen-bond donors (Lipinski definition) is 0. The van der Waals surface area contributed by atoms with Gasteiger partial charge in [0.05, 0.1) is 0 Å². The SMILES string of the molecule is [CH2-]CC#CC.[Y]. The van der Waals surface area contributed by atoms with Crippen molar-refractivity contribution in [3.63, 3.8) is 0 Å². The molecule has 0 bridgehead atoms. The number of hydrogen-bond acceptors (Lipinski definition) is 0. The van der Waals surface area contributed by atoms with Crippen LogP contribution in [0.1, 0.15) is 13.3 Å². The van der Waals surface area contributed by atoms with Gasteiger partial charge in [0.25, 0.3) is 0 Å². The molecule has 1 radical (unpaired) electrons. The zero-order chi connectivity index (χ0) is 4.12.